The maximum atomic E-state index is 12.6. The molecule has 0 saturated heterocycles. The molecular formula is C18H21BrN2O4S. The largest absolute Gasteiger partial charge is 0.496 e. The minimum Gasteiger partial charge on any atom is -0.496 e. The summed E-state index contributed by atoms with van der Waals surface area (Å²) < 4.78 is 33.5. The number of nitrogens with one attached hydrogen (secondary N) is 2. The summed E-state index contributed by atoms with van der Waals surface area (Å²) in [5.41, 5.74) is 0.690. The van der Waals surface area contributed by atoms with E-state index < -0.39 is 10.0 Å². The lowest BCUT2D eigenvalue weighted by molar-refractivity contribution is 0.0953. The van der Waals surface area contributed by atoms with Crippen LogP contribution in [0, 0.1) is 0 Å². The van der Waals surface area contributed by atoms with Gasteiger partial charge in [-0.05, 0) is 58.7 Å². The Kier molecular flexibility index (Phi) is 7.05. The Morgan fingerprint density at radius 3 is 2.62 bits per heavy atom. The molecule has 0 fully saturated rings. The number of rotatable bonds is 8. The summed E-state index contributed by atoms with van der Waals surface area (Å²) in [5, 5.41) is 2.77. The van der Waals surface area contributed by atoms with E-state index in [0.717, 1.165) is 12.8 Å². The number of anilines is 1. The molecule has 2 aromatic carbocycles. The van der Waals surface area contributed by atoms with E-state index in [4.69, 9.17) is 4.74 Å². The number of hydrogen-bond acceptors (Lipinski definition) is 4. The molecule has 0 heterocycles. The van der Waals surface area contributed by atoms with E-state index in [1.54, 1.807) is 30.3 Å². The number of amides is 1. The predicted octanol–water partition coefficient (Wildman–Crippen LogP) is 3.79. The average Bonchev–Trinajstić information content (AvgIpc) is 2.62. The molecule has 0 aromatic heterocycles. The first-order valence-electron chi connectivity index (χ1n) is 8.12. The Morgan fingerprint density at radius 1 is 1.19 bits per heavy atom. The van der Waals surface area contributed by atoms with Gasteiger partial charge in [-0.15, -0.1) is 0 Å². The highest BCUT2D eigenvalue weighted by atomic mass is 79.9. The number of sulfonamides is 1. The highest BCUT2D eigenvalue weighted by Gasteiger charge is 2.17. The van der Waals surface area contributed by atoms with Crippen LogP contribution >= 0.6 is 15.9 Å². The van der Waals surface area contributed by atoms with E-state index in [0.29, 0.717) is 28.0 Å². The third kappa shape index (κ3) is 5.22. The second kappa shape index (κ2) is 9.05. The molecule has 1 amide bonds. The summed E-state index contributed by atoms with van der Waals surface area (Å²) in [5.74, 6) is 0.307. The molecule has 0 aliphatic carbocycles. The van der Waals surface area contributed by atoms with Crippen molar-refractivity contribution in [2.45, 2.75) is 24.7 Å². The number of benzene rings is 2. The van der Waals surface area contributed by atoms with Crippen molar-refractivity contribution >= 4 is 37.5 Å². The topological polar surface area (TPSA) is 84.5 Å². The number of carbonyl (C=O) groups excluding carboxylic acids is 1. The Bertz CT molecular complexity index is 885. The standard InChI is InChI=1S/C18H21BrN2O4S/c1-3-4-10-20-18(22)13-6-5-7-15(11-13)26(23,24)21-14-8-9-17(25-2)16(19)12-14/h5-9,11-12,21H,3-4,10H2,1-2H3,(H,20,22). The Hall–Kier alpha value is -2.06. The summed E-state index contributed by atoms with van der Waals surface area (Å²) in [6, 6.07) is 10.8. The molecule has 26 heavy (non-hydrogen) atoms. The van der Waals surface area contributed by atoms with Crippen molar-refractivity contribution in [2.24, 2.45) is 0 Å². The van der Waals surface area contributed by atoms with E-state index in [-0.39, 0.29) is 10.8 Å². The van der Waals surface area contributed by atoms with Crippen LogP contribution < -0.4 is 14.8 Å². The first-order valence-corrected chi connectivity index (χ1v) is 10.4. The van der Waals surface area contributed by atoms with Crippen LogP contribution in [0.3, 0.4) is 0 Å². The maximum absolute atomic E-state index is 12.6. The summed E-state index contributed by atoms with van der Waals surface area (Å²) in [6.45, 7) is 2.59. The van der Waals surface area contributed by atoms with Gasteiger partial charge >= 0.3 is 0 Å². The Balaban J connectivity index is 2.19. The fourth-order valence-electron chi connectivity index (χ4n) is 2.23. The Labute approximate surface area is 162 Å². The molecule has 0 aliphatic rings. The highest BCUT2D eigenvalue weighted by molar-refractivity contribution is 9.10. The predicted molar refractivity (Wildman–Crippen MR) is 105 cm³/mol. The van der Waals surface area contributed by atoms with Gasteiger partial charge in [-0.25, -0.2) is 8.42 Å². The highest BCUT2D eigenvalue weighted by Crippen LogP contribution is 2.28. The Morgan fingerprint density at radius 2 is 1.96 bits per heavy atom. The normalized spacial score (nSPS) is 11.0. The van der Waals surface area contributed by atoms with Gasteiger partial charge in [0.1, 0.15) is 5.75 Å². The van der Waals surface area contributed by atoms with Gasteiger partial charge < -0.3 is 10.1 Å². The first-order chi connectivity index (χ1) is 12.4. The lowest BCUT2D eigenvalue weighted by Gasteiger charge is -2.11. The van der Waals surface area contributed by atoms with Crippen molar-refractivity contribution < 1.29 is 17.9 Å². The minimum atomic E-state index is -3.82. The van der Waals surface area contributed by atoms with Gasteiger partial charge in [0.25, 0.3) is 15.9 Å². The van der Waals surface area contributed by atoms with Crippen molar-refractivity contribution in [3.05, 3.63) is 52.5 Å². The van der Waals surface area contributed by atoms with Crippen LogP contribution in [0.4, 0.5) is 5.69 Å². The van der Waals surface area contributed by atoms with E-state index in [2.05, 4.69) is 26.0 Å². The second-order valence-electron chi connectivity index (χ2n) is 5.59. The molecule has 6 nitrogen and oxygen atoms in total. The zero-order valence-electron chi connectivity index (χ0n) is 14.6. The molecule has 0 radical (unpaired) electrons. The first kappa shape index (κ1) is 20.3. The van der Waals surface area contributed by atoms with Crippen molar-refractivity contribution in [1.29, 1.82) is 0 Å². The summed E-state index contributed by atoms with van der Waals surface area (Å²) in [4.78, 5) is 12.1. The number of hydrogen-bond donors (Lipinski definition) is 2. The summed E-state index contributed by atoms with van der Waals surface area (Å²) >= 11 is 3.32. The zero-order chi connectivity index (χ0) is 19.2. The lowest BCUT2D eigenvalue weighted by Crippen LogP contribution is -2.24. The lowest BCUT2D eigenvalue weighted by atomic mass is 10.2. The third-order valence-electron chi connectivity index (χ3n) is 3.63. The van der Waals surface area contributed by atoms with Gasteiger partial charge in [-0.1, -0.05) is 19.4 Å². The van der Waals surface area contributed by atoms with E-state index in [1.165, 1.54) is 19.2 Å². The van der Waals surface area contributed by atoms with E-state index >= 15 is 0 Å². The van der Waals surface area contributed by atoms with Crippen molar-refractivity contribution in [3.63, 3.8) is 0 Å². The van der Waals surface area contributed by atoms with Crippen LogP contribution in [0.2, 0.25) is 0 Å². The molecule has 0 saturated carbocycles. The van der Waals surface area contributed by atoms with Crippen LogP contribution in [0.5, 0.6) is 5.75 Å². The molecule has 2 aromatic rings. The van der Waals surface area contributed by atoms with Crippen LogP contribution in [0.15, 0.2) is 51.8 Å². The number of unbranched alkanes of at least 4 members (excludes halogenated alkanes) is 1. The van der Waals surface area contributed by atoms with Crippen LogP contribution in [0.25, 0.3) is 0 Å². The van der Waals surface area contributed by atoms with Gasteiger partial charge in [0.05, 0.1) is 22.2 Å². The SMILES string of the molecule is CCCCNC(=O)c1cccc(S(=O)(=O)Nc2ccc(OC)c(Br)c2)c1. The zero-order valence-corrected chi connectivity index (χ0v) is 17.0. The molecule has 140 valence electrons. The fourth-order valence-corrected chi connectivity index (χ4v) is 3.86. The smallest absolute Gasteiger partial charge is 0.261 e. The van der Waals surface area contributed by atoms with Crippen LogP contribution in [-0.4, -0.2) is 28.0 Å². The molecule has 0 spiro atoms. The van der Waals surface area contributed by atoms with Crippen LogP contribution in [0.1, 0.15) is 30.1 Å². The van der Waals surface area contributed by atoms with Gasteiger partial charge in [0, 0.05) is 12.1 Å². The number of ether oxygens (including phenoxy) is 1. The van der Waals surface area contributed by atoms with E-state index in [1.807, 2.05) is 6.92 Å². The third-order valence-corrected chi connectivity index (χ3v) is 5.63. The summed E-state index contributed by atoms with van der Waals surface area (Å²) in [7, 11) is -2.29. The molecule has 2 rings (SSSR count). The maximum Gasteiger partial charge on any atom is 0.261 e. The molecular weight excluding hydrogens is 420 g/mol. The average molecular weight is 441 g/mol. The summed E-state index contributed by atoms with van der Waals surface area (Å²) in [6.07, 6.45) is 1.84. The molecule has 8 heteroatoms. The van der Waals surface area contributed by atoms with Gasteiger partial charge in [-0.2, -0.15) is 0 Å². The van der Waals surface area contributed by atoms with Gasteiger partial charge in [0.15, 0.2) is 0 Å². The number of halogens is 1. The van der Waals surface area contributed by atoms with Crippen molar-refractivity contribution in [1.82, 2.24) is 5.32 Å². The van der Waals surface area contributed by atoms with Gasteiger partial charge in [0.2, 0.25) is 0 Å². The van der Waals surface area contributed by atoms with Crippen molar-refractivity contribution in [3.8, 4) is 5.75 Å². The quantitative estimate of drug-likeness (QED) is 0.611. The van der Waals surface area contributed by atoms with Crippen molar-refractivity contribution in [2.75, 3.05) is 18.4 Å². The van der Waals surface area contributed by atoms with Gasteiger partial charge in [-0.3, -0.25) is 9.52 Å². The molecule has 0 atom stereocenters. The minimum absolute atomic E-state index is 0.0209. The monoisotopic (exact) mass is 440 g/mol. The fraction of sp³-hybridized carbons (Fsp3) is 0.278. The number of carbonyl (C=O) groups is 1. The molecule has 0 bridgehead atoms. The molecule has 2 N–H and O–H groups in total. The van der Waals surface area contributed by atoms with Crippen LogP contribution in [-0.2, 0) is 10.0 Å². The second-order valence-corrected chi connectivity index (χ2v) is 8.13. The molecule has 0 aliphatic heterocycles. The molecule has 0 unspecified atom stereocenters. The van der Waals surface area contributed by atoms with E-state index in [9.17, 15) is 13.2 Å². The number of methoxy groups -OCH3 is 1.